The summed E-state index contributed by atoms with van der Waals surface area (Å²) in [5, 5.41) is 2.47. The number of aromatic nitrogens is 2. The maximum absolute atomic E-state index is 10.4. The Labute approximate surface area is 96.2 Å². The number of carbonyl (C=O) groups is 1. The number of halogens is 3. The first-order valence-electron chi connectivity index (χ1n) is 3.72. The molecule has 1 N–H and O–H groups in total. The standard InChI is InChI=1S/C7H8Cl3N3O/c8-3-7(9,10)6(12-5-14)13-2-1-11-4-13/h1-2,4-6H,3H2,(H,12,14). The second kappa shape index (κ2) is 4.87. The van der Waals surface area contributed by atoms with Crippen molar-refractivity contribution >= 4 is 41.2 Å². The van der Waals surface area contributed by atoms with Crippen LogP contribution in [0.2, 0.25) is 0 Å². The van der Waals surface area contributed by atoms with E-state index in [4.69, 9.17) is 34.8 Å². The molecule has 0 aromatic carbocycles. The molecule has 1 rings (SSSR count). The molecule has 0 spiro atoms. The van der Waals surface area contributed by atoms with Gasteiger partial charge in [-0.05, 0) is 0 Å². The van der Waals surface area contributed by atoms with Crippen LogP contribution in [-0.2, 0) is 4.79 Å². The van der Waals surface area contributed by atoms with Crippen LogP contribution >= 0.6 is 34.8 Å². The van der Waals surface area contributed by atoms with Crippen LogP contribution in [0.1, 0.15) is 6.17 Å². The SMILES string of the molecule is O=CNC(n1ccnc1)C(Cl)(Cl)CCl. The summed E-state index contributed by atoms with van der Waals surface area (Å²) in [6.07, 6.45) is 4.55. The second-order valence-electron chi connectivity index (χ2n) is 2.59. The van der Waals surface area contributed by atoms with Gasteiger partial charge in [-0.2, -0.15) is 0 Å². The van der Waals surface area contributed by atoms with Gasteiger partial charge in [0.15, 0.2) is 4.33 Å². The van der Waals surface area contributed by atoms with E-state index >= 15 is 0 Å². The molecule has 0 aliphatic rings. The summed E-state index contributed by atoms with van der Waals surface area (Å²) < 4.78 is 0.292. The summed E-state index contributed by atoms with van der Waals surface area (Å²) in [6.45, 7) is 0. The Bertz CT molecular complexity index is 288. The first-order valence-corrected chi connectivity index (χ1v) is 5.02. The minimum atomic E-state index is -1.27. The van der Waals surface area contributed by atoms with Crippen LogP contribution in [0, 0.1) is 0 Å². The normalized spacial score (nSPS) is 13.6. The van der Waals surface area contributed by atoms with Crippen LogP contribution < -0.4 is 5.32 Å². The Hall–Kier alpha value is -0.450. The Morgan fingerprint density at radius 1 is 1.64 bits per heavy atom. The third-order valence-corrected chi connectivity index (χ3v) is 3.00. The molecule has 0 aliphatic heterocycles. The van der Waals surface area contributed by atoms with Gasteiger partial charge in [0, 0.05) is 12.4 Å². The van der Waals surface area contributed by atoms with E-state index in [2.05, 4.69) is 10.3 Å². The van der Waals surface area contributed by atoms with E-state index in [0.717, 1.165) is 0 Å². The topological polar surface area (TPSA) is 46.9 Å². The molecule has 1 aromatic heterocycles. The second-order valence-corrected chi connectivity index (χ2v) is 4.40. The number of hydrogen-bond donors (Lipinski definition) is 1. The van der Waals surface area contributed by atoms with Gasteiger partial charge < -0.3 is 9.88 Å². The largest absolute Gasteiger partial charge is 0.336 e. The molecule has 78 valence electrons. The molecule has 1 heterocycles. The Morgan fingerprint density at radius 2 is 2.36 bits per heavy atom. The van der Waals surface area contributed by atoms with Crippen molar-refractivity contribution in [3.8, 4) is 0 Å². The van der Waals surface area contributed by atoms with Gasteiger partial charge in [0.1, 0.15) is 6.17 Å². The predicted molar refractivity (Wildman–Crippen MR) is 55.6 cm³/mol. The first kappa shape index (κ1) is 11.6. The zero-order valence-corrected chi connectivity index (χ0v) is 9.30. The highest BCUT2D eigenvalue weighted by atomic mass is 35.5. The molecule has 7 heteroatoms. The van der Waals surface area contributed by atoms with Gasteiger partial charge in [0.05, 0.1) is 12.2 Å². The summed E-state index contributed by atoms with van der Waals surface area (Å²) >= 11 is 17.4. The minimum absolute atomic E-state index is 0.0141. The number of imidazole rings is 1. The van der Waals surface area contributed by atoms with Gasteiger partial charge in [0.2, 0.25) is 6.41 Å². The van der Waals surface area contributed by atoms with Gasteiger partial charge in [-0.25, -0.2) is 4.98 Å². The van der Waals surface area contributed by atoms with Crippen molar-refractivity contribution in [3.63, 3.8) is 0 Å². The number of amides is 1. The summed E-state index contributed by atoms with van der Waals surface area (Å²) in [4.78, 5) is 14.2. The average molecular weight is 257 g/mol. The fraction of sp³-hybridized carbons (Fsp3) is 0.429. The highest BCUT2D eigenvalue weighted by Gasteiger charge is 2.35. The number of nitrogens with one attached hydrogen (secondary N) is 1. The zero-order chi connectivity index (χ0) is 10.6. The highest BCUT2D eigenvalue weighted by molar-refractivity contribution is 6.51. The third-order valence-electron chi connectivity index (χ3n) is 1.63. The summed E-state index contributed by atoms with van der Waals surface area (Å²) in [5.41, 5.74) is 0. The maximum atomic E-state index is 10.4. The van der Waals surface area contributed by atoms with E-state index in [9.17, 15) is 4.79 Å². The lowest BCUT2D eigenvalue weighted by molar-refractivity contribution is -0.110. The van der Waals surface area contributed by atoms with E-state index in [1.807, 2.05) is 0 Å². The molecule has 4 nitrogen and oxygen atoms in total. The van der Waals surface area contributed by atoms with Crippen LogP contribution in [0.5, 0.6) is 0 Å². The van der Waals surface area contributed by atoms with Gasteiger partial charge in [-0.1, -0.05) is 23.2 Å². The van der Waals surface area contributed by atoms with Crippen molar-refractivity contribution in [3.05, 3.63) is 18.7 Å². The fourth-order valence-electron chi connectivity index (χ4n) is 0.986. The Kier molecular flexibility index (Phi) is 4.04. The molecular weight excluding hydrogens is 248 g/mol. The van der Waals surface area contributed by atoms with Crippen LogP contribution in [0.25, 0.3) is 0 Å². The summed E-state index contributed by atoms with van der Waals surface area (Å²) in [6, 6.07) is 0. The summed E-state index contributed by atoms with van der Waals surface area (Å²) in [5.74, 6) is -0.0141. The molecule has 0 saturated carbocycles. The molecule has 0 bridgehead atoms. The van der Waals surface area contributed by atoms with Crippen molar-refractivity contribution in [1.82, 2.24) is 14.9 Å². The van der Waals surface area contributed by atoms with Crippen molar-refractivity contribution in [2.45, 2.75) is 10.5 Å². The molecule has 0 aliphatic carbocycles. The van der Waals surface area contributed by atoms with E-state index in [1.54, 1.807) is 17.0 Å². The number of carbonyl (C=O) groups excluding carboxylic acids is 1. The first-order chi connectivity index (χ1) is 6.61. The van der Waals surface area contributed by atoms with Crippen LogP contribution in [-0.4, -0.2) is 26.2 Å². The Morgan fingerprint density at radius 3 is 2.79 bits per heavy atom. The number of hydrogen-bond acceptors (Lipinski definition) is 2. The molecule has 14 heavy (non-hydrogen) atoms. The lowest BCUT2D eigenvalue weighted by atomic mass is 10.3. The van der Waals surface area contributed by atoms with E-state index in [1.165, 1.54) is 6.33 Å². The molecule has 0 radical (unpaired) electrons. The van der Waals surface area contributed by atoms with Crippen LogP contribution in [0.4, 0.5) is 0 Å². The molecule has 1 amide bonds. The van der Waals surface area contributed by atoms with Crippen molar-refractivity contribution < 1.29 is 4.79 Å². The average Bonchev–Trinajstić information content (AvgIpc) is 2.66. The van der Waals surface area contributed by atoms with Crippen LogP contribution in [0.15, 0.2) is 18.7 Å². The summed E-state index contributed by atoms with van der Waals surface area (Å²) in [7, 11) is 0. The lowest BCUT2D eigenvalue weighted by Crippen LogP contribution is -2.40. The predicted octanol–water partition coefficient (Wildman–Crippen LogP) is 1.54. The fourth-order valence-corrected chi connectivity index (χ4v) is 1.48. The molecule has 0 saturated heterocycles. The van der Waals surface area contributed by atoms with E-state index in [-0.39, 0.29) is 5.88 Å². The van der Waals surface area contributed by atoms with E-state index in [0.29, 0.717) is 6.41 Å². The lowest BCUT2D eigenvalue weighted by Gasteiger charge is -2.28. The highest BCUT2D eigenvalue weighted by Crippen LogP contribution is 2.33. The molecule has 1 atom stereocenters. The van der Waals surface area contributed by atoms with Crippen molar-refractivity contribution in [2.75, 3.05) is 5.88 Å². The van der Waals surface area contributed by atoms with Gasteiger partial charge in [0.25, 0.3) is 0 Å². The van der Waals surface area contributed by atoms with Gasteiger partial charge >= 0.3 is 0 Å². The molecule has 1 unspecified atom stereocenters. The number of rotatable bonds is 5. The van der Waals surface area contributed by atoms with Crippen molar-refractivity contribution in [1.29, 1.82) is 0 Å². The minimum Gasteiger partial charge on any atom is -0.336 e. The van der Waals surface area contributed by atoms with Crippen LogP contribution in [0.3, 0.4) is 0 Å². The molecule has 1 aromatic rings. The molecular formula is C7H8Cl3N3O. The Balaban J connectivity index is 2.90. The smallest absolute Gasteiger partial charge is 0.208 e. The zero-order valence-electron chi connectivity index (χ0n) is 7.03. The van der Waals surface area contributed by atoms with Gasteiger partial charge in [-0.3, -0.25) is 4.79 Å². The molecule has 0 fully saturated rings. The van der Waals surface area contributed by atoms with Crippen molar-refractivity contribution in [2.24, 2.45) is 0 Å². The number of nitrogens with zero attached hydrogens (tertiary/aromatic N) is 2. The maximum Gasteiger partial charge on any atom is 0.208 e. The third kappa shape index (κ3) is 2.53. The quantitative estimate of drug-likeness (QED) is 0.642. The van der Waals surface area contributed by atoms with E-state index < -0.39 is 10.5 Å². The number of alkyl halides is 3. The van der Waals surface area contributed by atoms with Gasteiger partial charge in [-0.15, -0.1) is 11.6 Å². The monoisotopic (exact) mass is 255 g/mol.